The highest BCUT2D eigenvalue weighted by molar-refractivity contribution is 7.19. The highest BCUT2D eigenvalue weighted by Crippen LogP contribution is 2.35. The van der Waals surface area contributed by atoms with Gasteiger partial charge in [-0.1, -0.05) is 0 Å². The van der Waals surface area contributed by atoms with Gasteiger partial charge in [-0.2, -0.15) is 0 Å². The van der Waals surface area contributed by atoms with Gasteiger partial charge in [0.2, 0.25) is 0 Å². The van der Waals surface area contributed by atoms with Gasteiger partial charge in [-0.25, -0.2) is 0 Å². The van der Waals surface area contributed by atoms with E-state index in [-0.39, 0.29) is 17.0 Å². The summed E-state index contributed by atoms with van der Waals surface area (Å²) in [7, 11) is 0. The number of primary amides is 1. The summed E-state index contributed by atoms with van der Waals surface area (Å²) in [6, 6.07) is 0. The van der Waals surface area contributed by atoms with Gasteiger partial charge in [-0.15, -0.1) is 11.3 Å². The minimum atomic E-state index is -0.632. The van der Waals surface area contributed by atoms with Crippen LogP contribution in [0.4, 0.5) is 10.7 Å². The third-order valence-electron chi connectivity index (χ3n) is 3.09. The molecule has 0 aromatic carbocycles. The van der Waals surface area contributed by atoms with Crippen molar-refractivity contribution in [2.45, 2.75) is 19.8 Å². The summed E-state index contributed by atoms with van der Waals surface area (Å²) in [5, 5.41) is 3.60. The van der Waals surface area contributed by atoms with E-state index in [1.807, 2.05) is 0 Å². The zero-order valence-electron chi connectivity index (χ0n) is 11.4. The molecule has 2 rings (SSSR count). The van der Waals surface area contributed by atoms with E-state index in [0.29, 0.717) is 23.0 Å². The summed E-state index contributed by atoms with van der Waals surface area (Å²) in [6.07, 6.45) is 2.51. The van der Waals surface area contributed by atoms with Gasteiger partial charge in [0.1, 0.15) is 5.00 Å². The van der Waals surface area contributed by atoms with Crippen molar-refractivity contribution >= 4 is 33.7 Å². The molecule has 6 nitrogen and oxygen atoms in total. The molecular formula is C13H19N3O3S. The number of amides is 1. The molecule has 0 spiro atoms. The molecule has 1 aromatic rings. The van der Waals surface area contributed by atoms with Crippen molar-refractivity contribution in [3.05, 3.63) is 10.4 Å². The predicted molar refractivity (Wildman–Crippen MR) is 79.3 cm³/mol. The fourth-order valence-electron chi connectivity index (χ4n) is 1.85. The maximum absolute atomic E-state index is 11.4. The maximum atomic E-state index is 11.4. The van der Waals surface area contributed by atoms with Crippen LogP contribution in [0.1, 0.15) is 39.8 Å². The number of nitrogen functional groups attached to an aromatic ring is 1. The number of carbonyl (C=O) groups is 2. The minimum absolute atomic E-state index is 0.163. The Morgan fingerprint density at radius 3 is 2.70 bits per heavy atom. The highest BCUT2D eigenvalue weighted by Gasteiger charge is 2.23. The molecule has 1 saturated carbocycles. The number of thiophene rings is 1. The molecular weight excluding hydrogens is 278 g/mol. The Labute approximate surface area is 121 Å². The molecule has 0 radical (unpaired) electrons. The summed E-state index contributed by atoms with van der Waals surface area (Å²) >= 11 is 1.16. The Morgan fingerprint density at radius 1 is 1.45 bits per heavy atom. The molecule has 0 unspecified atom stereocenters. The van der Waals surface area contributed by atoms with Crippen LogP contribution in [0.25, 0.3) is 0 Å². The summed E-state index contributed by atoms with van der Waals surface area (Å²) in [5.41, 5.74) is 11.5. The van der Waals surface area contributed by atoms with Gasteiger partial charge in [-0.05, 0) is 18.8 Å². The number of ketones is 1. The van der Waals surface area contributed by atoms with Crippen molar-refractivity contribution in [1.29, 1.82) is 0 Å². The summed E-state index contributed by atoms with van der Waals surface area (Å²) in [4.78, 5) is 23.2. The summed E-state index contributed by atoms with van der Waals surface area (Å²) < 4.78 is 5.49. The quantitative estimate of drug-likeness (QED) is 0.497. The van der Waals surface area contributed by atoms with Crippen molar-refractivity contribution in [3.8, 4) is 0 Å². The third kappa shape index (κ3) is 3.49. The first kappa shape index (κ1) is 14.8. The second kappa shape index (κ2) is 6.23. The van der Waals surface area contributed by atoms with Crippen LogP contribution >= 0.6 is 11.3 Å². The van der Waals surface area contributed by atoms with Crippen molar-refractivity contribution in [1.82, 2.24) is 0 Å². The Morgan fingerprint density at radius 2 is 2.15 bits per heavy atom. The Kier molecular flexibility index (Phi) is 4.61. The Balaban J connectivity index is 1.96. The molecule has 1 aliphatic carbocycles. The lowest BCUT2D eigenvalue weighted by Gasteiger charge is -2.06. The van der Waals surface area contributed by atoms with E-state index in [0.717, 1.165) is 23.9 Å². The number of rotatable bonds is 8. The lowest BCUT2D eigenvalue weighted by Crippen LogP contribution is -2.16. The zero-order chi connectivity index (χ0) is 14.7. The van der Waals surface area contributed by atoms with Crippen LogP contribution in [0.15, 0.2) is 0 Å². The Bertz CT molecular complexity index is 523. The second-order valence-electron chi connectivity index (χ2n) is 4.91. The molecule has 1 aliphatic rings. The number of carbonyl (C=O) groups excluding carboxylic acids is 2. The van der Waals surface area contributed by atoms with Crippen molar-refractivity contribution in [3.63, 3.8) is 0 Å². The molecule has 0 atom stereocenters. The fourth-order valence-corrected chi connectivity index (χ4v) is 2.89. The van der Waals surface area contributed by atoms with E-state index < -0.39 is 5.91 Å². The van der Waals surface area contributed by atoms with Gasteiger partial charge >= 0.3 is 0 Å². The third-order valence-corrected chi connectivity index (χ3v) is 4.36. The summed E-state index contributed by atoms with van der Waals surface area (Å²) in [5.74, 6) is -0.0847. The molecule has 1 aromatic heterocycles. The van der Waals surface area contributed by atoms with Gasteiger partial charge < -0.3 is 21.5 Å². The molecule has 20 heavy (non-hydrogen) atoms. The Hall–Kier alpha value is -1.60. The summed E-state index contributed by atoms with van der Waals surface area (Å²) in [6.45, 7) is 3.29. The van der Waals surface area contributed by atoms with Crippen LogP contribution in [-0.2, 0) is 4.74 Å². The van der Waals surface area contributed by atoms with Crippen molar-refractivity contribution < 1.29 is 14.3 Å². The standard InChI is InChI=1S/C13H19N3O3S/c1-7(17)11-10(14)9(12(15)18)13(20-11)16-4-5-19-6-8-2-3-8/h8,16H,2-6,14H2,1H3,(H2,15,18). The number of nitrogens with one attached hydrogen (secondary N) is 1. The van der Waals surface area contributed by atoms with Gasteiger partial charge in [0, 0.05) is 20.1 Å². The van der Waals surface area contributed by atoms with Crippen LogP contribution in [-0.4, -0.2) is 31.4 Å². The largest absolute Gasteiger partial charge is 0.397 e. The predicted octanol–water partition coefficient (Wildman–Crippen LogP) is 1.47. The molecule has 0 bridgehead atoms. The van der Waals surface area contributed by atoms with Crippen LogP contribution in [0, 0.1) is 5.92 Å². The molecule has 1 fully saturated rings. The number of anilines is 2. The molecule has 1 heterocycles. The topological polar surface area (TPSA) is 107 Å². The lowest BCUT2D eigenvalue weighted by atomic mass is 10.2. The fraction of sp³-hybridized carbons (Fsp3) is 0.538. The smallest absolute Gasteiger partial charge is 0.253 e. The lowest BCUT2D eigenvalue weighted by molar-refractivity contribution is 0.100. The van der Waals surface area contributed by atoms with Gasteiger partial charge in [0.15, 0.2) is 5.78 Å². The maximum Gasteiger partial charge on any atom is 0.253 e. The van der Waals surface area contributed by atoms with Crippen LogP contribution in [0.5, 0.6) is 0 Å². The molecule has 1 amide bonds. The van der Waals surface area contributed by atoms with Crippen LogP contribution in [0.2, 0.25) is 0 Å². The van der Waals surface area contributed by atoms with Gasteiger partial charge in [0.05, 0.1) is 22.7 Å². The average molecular weight is 297 g/mol. The van der Waals surface area contributed by atoms with Crippen molar-refractivity contribution in [2.24, 2.45) is 11.7 Å². The number of ether oxygens (including phenoxy) is 1. The van der Waals surface area contributed by atoms with Crippen molar-refractivity contribution in [2.75, 3.05) is 30.8 Å². The van der Waals surface area contributed by atoms with Gasteiger partial charge in [-0.3, -0.25) is 9.59 Å². The molecule has 0 aliphatic heterocycles. The molecule has 5 N–H and O–H groups in total. The van der Waals surface area contributed by atoms with E-state index in [2.05, 4.69) is 5.32 Å². The van der Waals surface area contributed by atoms with E-state index in [4.69, 9.17) is 16.2 Å². The number of nitrogens with two attached hydrogens (primary N) is 2. The highest BCUT2D eigenvalue weighted by atomic mass is 32.1. The number of Topliss-reactive ketones (excluding diaryl/α,β-unsaturated/α-hetero) is 1. The average Bonchev–Trinajstić information content (AvgIpc) is 3.11. The van der Waals surface area contributed by atoms with E-state index in [1.165, 1.54) is 19.8 Å². The zero-order valence-corrected chi connectivity index (χ0v) is 12.2. The first-order valence-electron chi connectivity index (χ1n) is 6.55. The molecule has 0 saturated heterocycles. The first-order valence-corrected chi connectivity index (χ1v) is 7.37. The second-order valence-corrected chi connectivity index (χ2v) is 5.94. The molecule has 7 heteroatoms. The van der Waals surface area contributed by atoms with E-state index >= 15 is 0 Å². The normalized spacial score (nSPS) is 14.2. The van der Waals surface area contributed by atoms with Crippen LogP contribution in [0.3, 0.4) is 0 Å². The molecule has 110 valence electrons. The number of hydrogen-bond acceptors (Lipinski definition) is 6. The first-order chi connectivity index (χ1) is 9.50. The monoisotopic (exact) mass is 297 g/mol. The van der Waals surface area contributed by atoms with E-state index in [1.54, 1.807) is 0 Å². The van der Waals surface area contributed by atoms with E-state index in [9.17, 15) is 9.59 Å². The van der Waals surface area contributed by atoms with Crippen LogP contribution < -0.4 is 16.8 Å². The SMILES string of the molecule is CC(=O)c1sc(NCCOCC2CC2)c(C(N)=O)c1N. The van der Waals surface area contributed by atoms with Gasteiger partial charge in [0.25, 0.3) is 5.91 Å². The minimum Gasteiger partial charge on any atom is -0.397 e. The number of hydrogen-bond donors (Lipinski definition) is 3.